The lowest BCUT2D eigenvalue weighted by Crippen LogP contribution is -2.26. The van der Waals surface area contributed by atoms with Crippen molar-refractivity contribution in [1.82, 2.24) is 20.5 Å². The number of fused-ring (bicyclic) bond motifs is 1. The van der Waals surface area contributed by atoms with Crippen molar-refractivity contribution in [1.29, 1.82) is 0 Å². The van der Waals surface area contributed by atoms with Gasteiger partial charge in [-0.25, -0.2) is 9.37 Å². The van der Waals surface area contributed by atoms with Crippen LogP contribution in [0.1, 0.15) is 60.0 Å². The van der Waals surface area contributed by atoms with Crippen LogP contribution < -0.4 is 5.32 Å². The van der Waals surface area contributed by atoms with E-state index in [0.717, 1.165) is 15.6 Å². The summed E-state index contributed by atoms with van der Waals surface area (Å²) in [6.45, 7) is 9.76. The minimum Gasteiger partial charge on any atom is -0.439 e. The summed E-state index contributed by atoms with van der Waals surface area (Å²) in [6, 6.07) is 9.28. The van der Waals surface area contributed by atoms with Crippen molar-refractivity contribution in [2.45, 2.75) is 46.1 Å². The summed E-state index contributed by atoms with van der Waals surface area (Å²) in [4.78, 5) is 17.7. The van der Waals surface area contributed by atoms with Gasteiger partial charge in [0.25, 0.3) is 5.91 Å². The van der Waals surface area contributed by atoms with Crippen LogP contribution in [0.15, 0.2) is 40.8 Å². The zero-order chi connectivity index (χ0) is 22.3. The molecule has 31 heavy (non-hydrogen) atoms. The molecule has 2 aromatic carbocycles. The van der Waals surface area contributed by atoms with Crippen LogP contribution in [-0.4, -0.2) is 21.1 Å². The molecule has 4 aromatic rings. The SMILES string of the molecule is Cc1nnc([C@@H](C)NC(=O)c2cc(-c3ccc(F)cc3)c3oc(C(C)(C)C)nc3c2)s1. The van der Waals surface area contributed by atoms with Crippen LogP contribution in [0.25, 0.3) is 22.2 Å². The van der Waals surface area contributed by atoms with Crippen LogP contribution in [0.5, 0.6) is 0 Å². The molecule has 4 rings (SSSR count). The van der Waals surface area contributed by atoms with Gasteiger partial charge in [-0.05, 0) is 43.7 Å². The van der Waals surface area contributed by atoms with Gasteiger partial charge in [0.2, 0.25) is 5.89 Å². The number of aryl methyl sites for hydroxylation is 1. The summed E-state index contributed by atoms with van der Waals surface area (Å²) in [5.74, 6) is -0.0185. The maximum absolute atomic E-state index is 13.5. The van der Waals surface area contributed by atoms with Crippen LogP contribution in [-0.2, 0) is 5.41 Å². The number of oxazole rings is 1. The molecular weight excluding hydrogens is 415 g/mol. The van der Waals surface area contributed by atoms with E-state index in [1.54, 1.807) is 24.3 Å². The van der Waals surface area contributed by atoms with E-state index in [9.17, 15) is 9.18 Å². The third-order valence-corrected chi connectivity index (χ3v) is 5.83. The number of carbonyl (C=O) groups is 1. The Bertz CT molecular complexity index is 1260. The number of nitrogens with one attached hydrogen (secondary N) is 1. The first-order chi connectivity index (χ1) is 14.6. The van der Waals surface area contributed by atoms with Crippen molar-refractivity contribution in [3.05, 3.63) is 63.7 Å². The molecule has 1 N–H and O–H groups in total. The van der Waals surface area contributed by atoms with E-state index < -0.39 is 0 Å². The van der Waals surface area contributed by atoms with Crippen LogP contribution in [0.2, 0.25) is 0 Å². The molecule has 0 fully saturated rings. The quantitative estimate of drug-likeness (QED) is 0.450. The molecule has 2 heterocycles. The van der Waals surface area contributed by atoms with Crippen LogP contribution in [0.4, 0.5) is 4.39 Å². The standard InChI is InChI=1S/C23H23FN4O2S/c1-12(21-28-27-13(2)31-21)25-20(29)15-10-17(14-6-8-16(24)9-7-14)19-18(11-15)26-22(30-19)23(3,4)5/h6-12H,1-5H3,(H,25,29)/t12-/m1/s1. The molecule has 0 unspecified atom stereocenters. The molecule has 0 saturated heterocycles. The average Bonchev–Trinajstić information content (AvgIpc) is 3.34. The van der Waals surface area contributed by atoms with Gasteiger partial charge in [0.05, 0.1) is 6.04 Å². The fourth-order valence-electron chi connectivity index (χ4n) is 3.16. The minimum absolute atomic E-state index is 0.258. The summed E-state index contributed by atoms with van der Waals surface area (Å²) in [6.07, 6.45) is 0. The Hall–Kier alpha value is -3.13. The summed E-state index contributed by atoms with van der Waals surface area (Å²) < 4.78 is 19.6. The van der Waals surface area contributed by atoms with E-state index >= 15 is 0 Å². The van der Waals surface area contributed by atoms with Gasteiger partial charge in [0.1, 0.15) is 21.3 Å². The van der Waals surface area contributed by atoms with Gasteiger partial charge in [0, 0.05) is 16.5 Å². The Balaban J connectivity index is 1.78. The highest BCUT2D eigenvalue weighted by Crippen LogP contribution is 2.34. The molecule has 0 bridgehead atoms. The molecule has 0 spiro atoms. The zero-order valence-corrected chi connectivity index (χ0v) is 18.8. The van der Waals surface area contributed by atoms with E-state index in [0.29, 0.717) is 28.1 Å². The third-order valence-electron chi connectivity index (χ3n) is 4.81. The number of hydrogen-bond acceptors (Lipinski definition) is 6. The molecule has 2 aromatic heterocycles. The number of benzene rings is 2. The van der Waals surface area contributed by atoms with Gasteiger partial charge in [-0.2, -0.15) is 0 Å². The fourth-order valence-corrected chi connectivity index (χ4v) is 3.86. The molecule has 160 valence electrons. The molecule has 8 heteroatoms. The fraction of sp³-hybridized carbons (Fsp3) is 0.304. The number of aromatic nitrogens is 3. The monoisotopic (exact) mass is 438 g/mol. The molecule has 0 aliphatic carbocycles. The Morgan fingerprint density at radius 3 is 2.48 bits per heavy atom. The second-order valence-corrected chi connectivity index (χ2v) is 9.72. The lowest BCUT2D eigenvalue weighted by Gasteiger charge is -2.12. The summed E-state index contributed by atoms with van der Waals surface area (Å²) in [5, 5.41) is 12.7. The normalized spacial score (nSPS) is 12.8. The van der Waals surface area contributed by atoms with E-state index in [1.807, 2.05) is 34.6 Å². The molecule has 1 atom stereocenters. The lowest BCUT2D eigenvalue weighted by molar-refractivity contribution is 0.0940. The number of carbonyl (C=O) groups excluding carboxylic acids is 1. The molecule has 0 radical (unpaired) electrons. The number of hydrogen-bond donors (Lipinski definition) is 1. The van der Waals surface area contributed by atoms with Crippen molar-refractivity contribution < 1.29 is 13.6 Å². The highest BCUT2D eigenvalue weighted by atomic mass is 32.1. The van der Waals surface area contributed by atoms with E-state index in [-0.39, 0.29) is 23.2 Å². The Morgan fingerprint density at radius 1 is 1.16 bits per heavy atom. The smallest absolute Gasteiger partial charge is 0.251 e. The zero-order valence-electron chi connectivity index (χ0n) is 18.0. The van der Waals surface area contributed by atoms with Crippen molar-refractivity contribution >= 4 is 28.3 Å². The first kappa shape index (κ1) is 21.1. The van der Waals surface area contributed by atoms with Gasteiger partial charge in [-0.1, -0.05) is 44.2 Å². The Labute approximate surface area is 183 Å². The Kier molecular flexibility index (Phi) is 5.35. The van der Waals surface area contributed by atoms with E-state index in [2.05, 4.69) is 20.5 Å². The van der Waals surface area contributed by atoms with Gasteiger partial charge < -0.3 is 9.73 Å². The molecule has 0 aliphatic rings. The highest BCUT2D eigenvalue weighted by Gasteiger charge is 2.24. The van der Waals surface area contributed by atoms with Crippen molar-refractivity contribution in [3.63, 3.8) is 0 Å². The molecular formula is C23H23FN4O2S. The van der Waals surface area contributed by atoms with Crippen LogP contribution in [0, 0.1) is 12.7 Å². The predicted octanol–water partition coefficient (Wildman–Crippen LogP) is 5.58. The summed E-state index contributed by atoms with van der Waals surface area (Å²) >= 11 is 1.44. The first-order valence-corrected chi connectivity index (χ1v) is 10.8. The number of halogens is 1. The molecule has 0 aliphatic heterocycles. The first-order valence-electron chi connectivity index (χ1n) is 9.93. The molecule has 6 nitrogen and oxygen atoms in total. The van der Waals surface area contributed by atoms with Gasteiger partial charge in [-0.15, -0.1) is 10.2 Å². The maximum atomic E-state index is 13.5. The van der Waals surface area contributed by atoms with E-state index in [1.165, 1.54) is 23.5 Å². The number of rotatable bonds is 4. The summed E-state index contributed by atoms with van der Waals surface area (Å²) in [7, 11) is 0. The van der Waals surface area contributed by atoms with Gasteiger partial charge in [0.15, 0.2) is 5.58 Å². The second kappa shape index (κ2) is 7.85. The topological polar surface area (TPSA) is 80.9 Å². The lowest BCUT2D eigenvalue weighted by atomic mass is 9.97. The number of nitrogens with zero attached hydrogens (tertiary/aromatic N) is 3. The largest absolute Gasteiger partial charge is 0.439 e. The average molecular weight is 439 g/mol. The van der Waals surface area contributed by atoms with Crippen LogP contribution in [0.3, 0.4) is 0 Å². The van der Waals surface area contributed by atoms with Crippen molar-refractivity contribution in [2.24, 2.45) is 0 Å². The van der Waals surface area contributed by atoms with Crippen LogP contribution >= 0.6 is 11.3 Å². The molecule has 0 saturated carbocycles. The predicted molar refractivity (Wildman–Crippen MR) is 119 cm³/mol. The van der Waals surface area contributed by atoms with Gasteiger partial charge in [-0.3, -0.25) is 4.79 Å². The molecule has 1 amide bonds. The highest BCUT2D eigenvalue weighted by molar-refractivity contribution is 7.11. The third kappa shape index (κ3) is 4.34. The number of amides is 1. The van der Waals surface area contributed by atoms with Crippen molar-refractivity contribution in [2.75, 3.05) is 0 Å². The second-order valence-electron chi connectivity index (χ2n) is 8.50. The van der Waals surface area contributed by atoms with E-state index in [4.69, 9.17) is 4.42 Å². The summed E-state index contributed by atoms with van der Waals surface area (Å²) in [5.41, 5.74) is 2.72. The maximum Gasteiger partial charge on any atom is 0.251 e. The van der Waals surface area contributed by atoms with Crippen molar-refractivity contribution in [3.8, 4) is 11.1 Å². The Morgan fingerprint density at radius 2 is 1.87 bits per heavy atom. The van der Waals surface area contributed by atoms with Gasteiger partial charge >= 0.3 is 0 Å². The minimum atomic E-state index is -0.331.